The molecule has 0 saturated carbocycles. The van der Waals surface area contributed by atoms with E-state index in [2.05, 4.69) is 25.3 Å². The summed E-state index contributed by atoms with van der Waals surface area (Å²) >= 11 is 0. The van der Waals surface area contributed by atoms with Gasteiger partial charge in [-0.3, -0.25) is 14.5 Å². The second-order valence-corrected chi connectivity index (χ2v) is 13.5. The highest BCUT2D eigenvalue weighted by molar-refractivity contribution is 8.29. The number of para-hydroxylation sites is 1. The first-order valence-electron chi connectivity index (χ1n) is 12.6. The third-order valence-corrected chi connectivity index (χ3v) is 11.4. The Hall–Kier alpha value is -3.85. The van der Waals surface area contributed by atoms with Gasteiger partial charge in [0.1, 0.15) is 40.5 Å². The van der Waals surface area contributed by atoms with E-state index in [1.807, 2.05) is 50.2 Å². The van der Waals surface area contributed by atoms with Gasteiger partial charge in [-0.25, -0.2) is 14.4 Å². The van der Waals surface area contributed by atoms with Crippen LogP contribution in [0.5, 0.6) is 0 Å². The van der Waals surface area contributed by atoms with Crippen molar-refractivity contribution in [3.05, 3.63) is 83.1 Å². The van der Waals surface area contributed by atoms with E-state index in [1.165, 1.54) is 18.3 Å². The zero-order valence-corrected chi connectivity index (χ0v) is 22.9. The van der Waals surface area contributed by atoms with Crippen LogP contribution in [0.15, 0.2) is 59.7 Å². The number of aliphatic imine (C=N–C) groups is 1. The Labute approximate surface area is 228 Å². The summed E-state index contributed by atoms with van der Waals surface area (Å²) in [5.41, 5.74) is 0.615. The predicted octanol–water partition coefficient (Wildman–Crippen LogP) is 5.12. The molecule has 9 nitrogen and oxygen atoms in total. The molecule has 1 fully saturated rings. The first-order chi connectivity index (χ1) is 18.5. The van der Waals surface area contributed by atoms with Gasteiger partial charge in [-0.1, -0.05) is 28.7 Å². The molecule has 202 valence electrons. The summed E-state index contributed by atoms with van der Waals surface area (Å²) in [7, 11) is -2.53. The van der Waals surface area contributed by atoms with E-state index in [4.69, 9.17) is 10.3 Å². The van der Waals surface area contributed by atoms with E-state index in [-0.39, 0.29) is 17.2 Å². The highest BCUT2D eigenvalue weighted by atomic mass is 32.3. The highest BCUT2D eigenvalue weighted by Gasteiger charge is 2.62. The molecule has 1 aromatic carbocycles. The van der Waals surface area contributed by atoms with E-state index in [0.717, 1.165) is 5.69 Å². The number of nitriles is 1. The summed E-state index contributed by atoms with van der Waals surface area (Å²) < 4.78 is 30.2. The summed E-state index contributed by atoms with van der Waals surface area (Å²) in [5, 5.41) is 14.7. The van der Waals surface area contributed by atoms with Crippen molar-refractivity contribution in [1.82, 2.24) is 14.7 Å². The van der Waals surface area contributed by atoms with Crippen LogP contribution in [0.25, 0.3) is 0 Å². The van der Waals surface area contributed by atoms with Crippen molar-refractivity contribution in [3.8, 4) is 6.07 Å². The molecule has 2 aliphatic heterocycles. The third-order valence-electron chi connectivity index (χ3n) is 7.49. The first kappa shape index (κ1) is 26.7. The lowest BCUT2D eigenvalue weighted by Gasteiger charge is -2.56. The second kappa shape index (κ2) is 9.72. The smallest absolute Gasteiger partial charge is 0.275 e. The fraction of sp³-hybridized carbons (Fsp3) is 0.321. The Balaban J connectivity index is 1.56. The second-order valence-electron chi connectivity index (χ2n) is 10.4. The van der Waals surface area contributed by atoms with Gasteiger partial charge in [0.05, 0.1) is 15.6 Å². The lowest BCUT2D eigenvalue weighted by Crippen LogP contribution is -2.57. The number of nitrogens with one attached hydrogen (secondary N) is 3. The number of carbonyl (C=O) groups excluding carboxylic acids is 1. The fourth-order valence-corrected chi connectivity index (χ4v) is 8.69. The van der Waals surface area contributed by atoms with Crippen molar-refractivity contribution >= 4 is 33.7 Å². The number of carbonyl (C=O) groups is 1. The average Bonchev–Trinajstić information content (AvgIpc) is 3.33. The molecule has 1 amide bonds. The van der Waals surface area contributed by atoms with Gasteiger partial charge in [-0.15, -0.1) is 0 Å². The van der Waals surface area contributed by atoms with Gasteiger partial charge in [-0.2, -0.15) is 5.26 Å². The lowest BCUT2D eigenvalue weighted by molar-refractivity contribution is 0.102. The Morgan fingerprint density at radius 1 is 1.23 bits per heavy atom. The summed E-state index contributed by atoms with van der Waals surface area (Å²) in [6, 6.07) is 15.7. The number of halogens is 1. The minimum Gasteiger partial charge on any atom is -0.343 e. The number of hydrogen-bond donors (Lipinski definition) is 4. The van der Waals surface area contributed by atoms with E-state index in [0.29, 0.717) is 29.9 Å². The van der Waals surface area contributed by atoms with E-state index < -0.39 is 37.8 Å². The molecule has 0 spiro atoms. The third kappa shape index (κ3) is 4.44. The van der Waals surface area contributed by atoms with Crippen LogP contribution < -0.4 is 15.4 Å². The molecule has 0 bridgehead atoms. The zero-order chi connectivity index (χ0) is 28.0. The fourth-order valence-electron chi connectivity index (χ4n) is 5.31. The Morgan fingerprint density at radius 3 is 2.67 bits per heavy atom. The van der Waals surface area contributed by atoms with Gasteiger partial charge in [0.2, 0.25) is 0 Å². The van der Waals surface area contributed by atoms with Crippen LogP contribution in [0.3, 0.4) is 0 Å². The zero-order valence-electron chi connectivity index (χ0n) is 22.1. The molecule has 4 heterocycles. The number of amides is 1. The van der Waals surface area contributed by atoms with E-state index in [9.17, 15) is 9.35 Å². The van der Waals surface area contributed by atoms with E-state index in [1.54, 1.807) is 19.9 Å². The number of hydrogen-bond acceptors (Lipinski definition) is 8. The number of pyridine rings is 2. The Morgan fingerprint density at radius 2 is 1.97 bits per heavy atom. The van der Waals surface area contributed by atoms with Gasteiger partial charge >= 0.3 is 0 Å². The van der Waals surface area contributed by atoms with Crippen LogP contribution in [0.4, 0.5) is 15.9 Å². The maximum Gasteiger partial charge on any atom is 0.275 e. The Kier molecular flexibility index (Phi) is 6.66. The standard InChI is InChI=1S/C28H30FN7O2S/c1-17-14-18(15-30)16-31-23(17)25(37)35-22-11-10-20(29)24(34-22)28(4)21-12-13-32-39(21,38)27(2,3)26(36-28)33-19-8-6-5-7-9-19/h5-11,14,16,21,32,38H,12-13H2,1-4H3,(H,33,36)(H,34,35,37)/t21-,28-/m0/s1. The van der Waals surface area contributed by atoms with Crippen molar-refractivity contribution in [2.75, 3.05) is 17.2 Å². The number of rotatable bonds is 4. The summed E-state index contributed by atoms with van der Waals surface area (Å²) in [6.07, 6.45) is 1.91. The van der Waals surface area contributed by atoms with Crippen molar-refractivity contribution < 1.29 is 13.7 Å². The molecule has 11 heteroatoms. The molecule has 39 heavy (non-hydrogen) atoms. The van der Waals surface area contributed by atoms with Crippen LogP contribution in [0.2, 0.25) is 0 Å². The van der Waals surface area contributed by atoms with Crippen molar-refractivity contribution in [2.24, 2.45) is 4.99 Å². The molecular formula is C28H30FN7O2S. The SMILES string of the molecule is Cc1cc(C#N)cnc1C(=O)Nc1ccc(F)c([C@@]2(C)N=C(Nc3ccccc3)C(C)(C)S3(O)NCC[C@@H]23)n1. The molecule has 1 unspecified atom stereocenters. The van der Waals surface area contributed by atoms with Crippen LogP contribution in [-0.2, 0) is 5.54 Å². The lowest BCUT2D eigenvalue weighted by atomic mass is 9.89. The monoisotopic (exact) mass is 547 g/mol. The summed E-state index contributed by atoms with van der Waals surface area (Å²) in [6.45, 7) is 7.91. The molecule has 0 radical (unpaired) electrons. The van der Waals surface area contributed by atoms with Crippen molar-refractivity contribution in [1.29, 1.82) is 5.26 Å². The number of nitrogens with zero attached hydrogens (tertiary/aromatic N) is 4. The number of benzene rings is 1. The van der Waals surface area contributed by atoms with Crippen molar-refractivity contribution in [2.45, 2.75) is 49.7 Å². The van der Waals surface area contributed by atoms with Gasteiger partial charge in [0.25, 0.3) is 5.91 Å². The summed E-state index contributed by atoms with van der Waals surface area (Å²) in [4.78, 5) is 26.7. The minimum absolute atomic E-state index is 0.0345. The molecule has 3 atom stereocenters. The number of amidine groups is 1. The molecule has 5 rings (SSSR count). The molecular weight excluding hydrogens is 517 g/mol. The van der Waals surface area contributed by atoms with Crippen LogP contribution >= 0.6 is 10.5 Å². The predicted molar refractivity (Wildman–Crippen MR) is 151 cm³/mol. The normalized spacial score (nSPS) is 26.9. The molecule has 4 N–H and O–H groups in total. The van der Waals surface area contributed by atoms with Crippen LogP contribution in [0.1, 0.15) is 54.5 Å². The van der Waals surface area contributed by atoms with Gasteiger partial charge in [-0.05, 0) is 70.0 Å². The first-order valence-corrected chi connectivity index (χ1v) is 14.2. The molecule has 1 saturated heterocycles. The highest BCUT2D eigenvalue weighted by Crippen LogP contribution is 2.67. The number of aromatic nitrogens is 2. The topological polar surface area (TPSA) is 135 Å². The maximum atomic E-state index is 15.5. The van der Waals surface area contributed by atoms with Crippen molar-refractivity contribution in [3.63, 3.8) is 0 Å². The van der Waals surface area contributed by atoms with Gasteiger partial charge in [0.15, 0.2) is 0 Å². The average molecular weight is 548 g/mol. The molecule has 2 aromatic heterocycles. The van der Waals surface area contributed by atoms with E-state index >= 15 is 4.39 Å². The molecule has 0 aliphatic carbocycles. The van der Waals surface area contributed by atoms with Gasteiger partial charge in [0, 0.05) is 18.4 Å². The van der Waals surface area contributed by atoms with Crippen LogP contribution in [0, 0.1) is 24.1 Å². The summed E-state index contributed by atoms with van der Waals surface area (Å²) in [5.74, 6) is -0.464. The molecule has 2 aliphatic rings. The maximum absolute atomic E-state index is 15.5. The van der Waals surface area contributed by atoms with Crippen LogP contribution in [-0.4, -0.2) is 42.8 Å². The number of fused-ring (bicyclic) bond motifs is 1. The minimum atomic E-state index is -2.53. The quantitative estimate of drug-likeness (QED) is 0.356. The number of anilines is 2. The molecule has 3 aromatic rings. The largest absolute Gasteiger partial charge is 0.343 e. The number of aryl methyl sites for hydroxylation is 1. The van der Waals surface area contributed by atoms with Gasteiger partial charge < -0.3 is 15.2 Å². The Bertz CT molecular complexity index is 1520.